The number of amides is 2. The first kappa shape index (κ1) is 21.3. The monoisotopic (exact) mass is 412 g/mol. The third-order valence-electron chi connectivity index (χ3n) is 7.09. The molecule has 2 amide bonds. The van der Waals surface area contributed by atoms with Crippen molar-refractivity contribution in [2.45, 2.75) is 95.0 Å². The normalized spacial score (nSPS) is 29.6. The van der Waals surface area contributed by atoms with Gasteiger partial charge in [-0.25, -0.2) is 0 Å². The van der Waals surface area contributed by atoms with Crippen molar-refractivity contribution in [1.29, 1.82) is 0 Å². The maximum Gasteiger partial charge on any atom is 0.243 e. The van der Waals surface area contributed by atoms with Crippen molar-refractivity contribution in [2.75, 3.05) is 6.54 Å². The van der Waals surface area contributed by atoms with E-state index in [2.05, 4.69) is 40.5 Å². The molecule has 1 unspecified atom stereocenters. The topological polar surface area (TPSA) is 78.7 Å². The van der Waals surface area contributed by atoms with E-state index in [0.717, 1.165) is 45.1 Å². The molecule has 2 aliphatic carbocycles. The Morgan fingerprint density at radius 2 is 1.73 bits per heavy atom. The first-order chi connectivity index (χ1) is 14.5. The summed E-state index contributed by atoms with van der Waals surface area (Å²) in [6.45, 7) is 3.17. The van der Waals surface area contributed by atoms with E-state index in [0.29, 0.717) is 18.6 Å². The Bertz CT molecular complexity index is 728. The molecule has 1 aliphatic heterocycles. The van der Waals surface area contributed by atoms with Gasteiger partial charge < -0.3 is 16.0 Å². The Balaban J connectivity index is 1.44. The first-order valence-corrected chi connectivity index (χ1v) is 11.6. The SMILES string of the molecule is CC(=O)N1CCC(N(Cc2ccccc2)C2CC2)C[C@@H]1C(=O)NC1CCC(N)CC1. The number of hydrogen-bond acceptors (Lipinski definition) is 4. The summed E-state index contributed by atoms with van der Waals surface area (Å²) in [4.78, 5) is 29.9. The molecule has 1 aromatic carbocycles. The van der Waals surface area contributed by atoms with Crippen molar-refractivity contribution in [3.63, 3.8) is 0 Å². The van der Waals surface area contributed by atoms with Crippen LogP contribution in [0.5, 0.6) is 0 Å². The van der Waals surface area contributed by atoms with Gasteiger partial charge in [0, 0.05) is 44.2 Å². The van der Waals surface area contributed by atoms with Gasteiger partial charge in [-0.3, -0.25) is 14.5 Å². The van der Waals surface area contributed by atoms with Crippen LogP contribution in [-0.4, -0.2) is 58.4 Å². The van der Waals surface area contributed by atoms with Crippen LogP contribution in [0, 0.1) is 0 Å². The molecule has 2 atom stereocenters. The zero-order chi connectivity index (χ0) is 21.1. The van der Waals surface area contributed by atoms with Gasteiger partial charge >= 0.3 is 0 Å². The van der Waals surface area contributed by atoms with Crippen LogP contribution in [0.1, 0.15) is 63.9 Å². The Morgan fingerprint density at radius 1 is 1.03 bits per heavy atom. The highest BCUT2D eigenvalue weighted by atomic mass is 16.2. The molecule has 1 saturated heterocycles. The summed E-state index contributed by atoms with van der Waals surface area (Å²) in [6.07, 6.45) is 7.92. The second-order valence-corrected chi connectivity index (χ2v) is 9.42. The van der Waals surface area contributed by atoms with E-state index >= 15 is 0 Å². The number of benzene rings is 1. The highest BCUT2D eigenvalue weighted by Gasteiger charge is 2.41. The van der Waals surface area contributed by atoms with Gasteiger partial charge in [-0.2, -0.15) is 0 Å². The summed E-state index contributed by atoms with van der Waals surface area (Å²) in [5.74, 6) is 0.0196. The van der Waals surface area contributed by atoms with Crippen LogP contribution in [-0.2, 0) is 16.1 Å². The van der Waals surface area contributed by atoms with Gasteiger partial charge in [-0.1, -0.05) is 30.3 Å². The molecule has 0 aromatic heterocycles. The van der Waals surface area contributed by atoms with Crippen molar-refractivity contribution in [3.05, 3.63) is 35.9 Å². The van der Waals surface area contributed by atoms with E-state index in [1.54, 1.807) is 11.8 Å². The second-order valence-electron chi connectivity index (χ2n) is 9.42. The molecule has 2 saturated carbocycles. The van der Waals surface area contributed by atoms with Crippen molar-refractivity contribution in [1.82, 2.24) is 15.1 Å². The lowest BCUT2D eigenvalue weighted by Gasteiger charge is -2.43. The molecule has 6 nitrogen and oxygen atoms in total. The minimum absolute atomic E-state index is 0.000276. The van der Waals surface area contributed by atoms with E-state index < -0.39 is 0 Å². The maximum atomic E-state index is 13.2. The van der Waals surface area contributed by atoms with Crippen LogP contribution in [0.2, 0.25) is 0 Å². The number of carbonyl (C=O) groups excluding carboxylic acids is 2. The van der Waals surface area contributed by atoms with E-state index in [1.807, 2.05) is 0 Å². The van der Waals surface area contributed by atoms with Gasteiger partial charge in [0.2, 0.25) is 11.8 Å². The van der Waals surface area contributed by atoms with Gasteiger partial charge in [0.25, 0.3) is 0 Å². The van der Waals surface area contributed by atoms with Gasteiger partial charge in [-0.15, -0.1) is 0 Å². The largest absolute Gasteiger partial charge is 0.352 e. The van der Waals surface area contributed by atoms with E-state index in [9.17, 15) is 9.59 Å². The predicted octanol–water partition coefficient (Wildman–Crippen LogP) is 2.42. The molecule has 0 bridgehead atoms. The highest BCUT2D eigenvalue weighted by molar-refractivity contribution is 5.87. The fourth-order valence-corrected chi connectivity index (χ4v) is 5.19. The molecule has 1 heterocycles. The van der Waals surface area contributed by atoms with E-state index in [4.69, 9.17) is 5.73 Å². The molecule has 0 radical (unpaired) electrons. The number of rotatable bonds is 6. The van der Waals surface area contributed by atoms with Crippen LogP contribution in [0.25, 0.3) is 0 Å². The standard InChI is InChI=1S/C24H36N4O2/c1-17(29)27-14-13-22(28(21-11-12-21)16-18-5-3-2-4-6-18)15-23(27)24(30)26-20-9-7-19(25)8-10-20/h2-6,19-23H,7-16,25H2,1H3,(H,26,30)/t19?,20?,22?,23-/m1/s1. The van der Waals surface area contributed by atoms with Crippen molar-refractivity contribution in [3.8, 4) is 0 Å². The van der Waals surface area contributed by atoms with Gasteiger partial charge in [0.1, 0.15) is 6.04 Å². The van der Waals surface area contributed by atoms with Gasteiger partial charge in [-0.05, 0) is 56.9 Å². The zero-order valence-corrected chi connectivity index (χ0v) is 18.1. The summed E-state index contributed by atoms with van der Waals surface area (Å²) in [7, 11) is 0. The summed E-state index contributed by atoms with van der Waals surface area (Å²) in [5.41, 5.74) is 7.33. The summed E-state index contributed by atoms with van der Waals surface area (Å²) >= 11 is 0. The van der Waals surface area contributed by atoms with Crippen molar-refractivity contribution in [2.24, 2.45) is 5.73 Å². The highest BCUT2D eigenvalue weighted by Crippen LogP contribution is 2.34. The Hall–Kier alpha value is -1.92. The lowest BCUT2D eigenvalue weighted by atomic mass is 9.90. The summed E-state index contributed by atoms with van der Waals surface area (Å²) in [5, 5.41) is 3.24. The lowest BCUT2D eigenvalue weighted by Crippen LogP contribution is -2.58. The van der Waals surface area contributed by atoms with Gasteiger partial charge in [0.05, 0.1) is 0 Å². The molecule has 1 aromatic rings. The van der Waals surface area contributed by atoms with Gasteiger partial charge in [0.15, 0.2) is 0 Å². The molecule has 6 heteroatoms. The fraction of sp³-hybridized carbons (Fsp3) is 0.667. The number of nitrogens with one attached hydrogen (secondary N) is 1. The molecule has 3 fully saturated rings. The molecule has 30 heavy (non-hydrogen) atoms. The molecule has 164 valence electrons. The van der Waals surface area contributed by atoms with Crippen LogP contribution < -0.4 is 11.1 Å². The first-order valence-electron chi connectivity index (χ1n) is 11.6. The van der Waals surface area contributed by atoms with Crippen molar-refractivity contribution >= 4 is 11.8 Å². The van der Waals surface area contributed by atoms with Crippen LogP contribution >= 0.6 is 0 Å². The van der Waals surface area contributed by atoms with E-state index in [1.165, 1.54) is 18.4 Å². The fourth-order valence-electron chi connectivity index (χ4n) is 5.19. The van der Waals surface area contributed by atoms with Crippen LogP contribution in [0.3, 0.4) is 0 Å². The lowest BCUT2D eigenvalue weighted by molar-refractivity contribution is -0.142. The average Bonchev–Trinajstić information content (AvgIpc) is 3.59. The third-order valence-corrected chi connectivity index (χ3v) is 7.09. The maximum absolute atomic E-state index is 13.2. The van der Waals surface area contributed by atoms with Crippen LogP contribution in [0.4, 0.5) is 0 Å². The Kier molecular flexibility index (Phi) is 6.74. The molecule has 3 aliphatic rings. The van der Waals surface area contributed by atoms with Crippen LogP contribution in [0.15, 0.2) is 30.3 Å². The summed E-state index contributed by atoms with van der Waals surface area (Å²) < 4.78 is 0. The predicted molar refractivity (Wildman–Crippen MR) is 118 cm³/mol. The minimum Gasteiger partial charge on any atom is -0.352 e. The summed E-state index contributed by atoms with van der Waals surface area (Å²) in [6, 6.07) is 11.6. The second kappa shape index (κ2) is 9.48. The number of likely N-dealkylation sites (tertiary alicyclic amines) is 1. The molecule has 3 N–H and O–H groups in total. The number of carbonyl (C=O) groups is 2. The molecule has 0 spiro atoms. The zero-order valence-electron chi connectivity index (χ0n) is 18.1. The average molecular weight is 413 g/mol. The number of piperidine rings is 1. The minimum atomic E-state index is -0.367. The van der Waals surface area contributed by atoms with E-state index in [-0.39, 0.29) is 29.9 Å². The molecular weight excluding hydrogens is 376 g/mol. The Morgan fingerprint density at radius 3 is 2.37 bits per heavy atom. The Labute approximate surface area is 180 Å². The number of nitrogens with zero attached hydrogens (tertiary/aromatic N) is 2. The molecule has 4 rings (SSSR count). The quantitative estimate of drug-likeness (QED) is 0.752. The van der Waals surface area contributed by atoms with Crippen molar-refractivity contribution < 1.29 is 9.59 Å². The number of nitrogens with two attached hydrogens (primary N) is 1. The number of hydrogen-bond donors (Lipinski definition) is 2. The third kappa shape index (κ3) is 5.22. The smallest absolute Gasteiger partial charge is 0.243 e. The molecular formula is C24H36N4O2.